The van der Waals surface area contributed by atoms with Gasteiger partial charge in [0.05, 0.1) is 5.69 Å². The van der Waals surface area contributed by atoms with Crippen molar-refractivity contribution in [1.29, 1.82) is 0 Å². The minimum Gasteiger partial charge on any atom is -0.280 e. The zero-order chi connectivity index (χ0) is 12.2. The van der Waals surface area contributed by atoms with Gasteiger partial charge in [-0.2, -0.15) is 8.42 Å². The minimum absolute atomic E-state index is 0.0551. The zero-order valence-electron chi connectivity index (χ0n) is 9.38. The summed E-state index contributed by atoms with van der Waals surface area (Å²) < 4.78 is 24.6. The van der Waals surface area contributed by atoms with Gasteiger partial charge in [0.15, 0.2) is 0 Å². The Labute approximate surface area is 95.9 Å². The third-order valence-electron chi connectivity index (χ3n) is 2.22. The van der Waals surface area contributed by atoms with E-state index in [9.17, 15) is 13.2 Å². The molecule has 0 aliphatic heterocycles. The Balaban J connectivity index is 2.98. The van der Waals surface area contributed by atoms with Gasteiger partial charge in [0, 0.05) is 13.5 Å². The number of carbonyl (C=O) groups is 1. The average molecular weight is 241 g/mol. The van der Waals surface area contributed by atoms with E-state index in [4.69, 9.17) is 0 Å². The maximum Gasteiger partial charge on any atom is 0.298 e. The average Bonchev–Trinajstić information content (AvgIpc) is 2.29. The van der Waals surface area contributed by atoms with Gasteiger partial charge in [-0.25, -0.2) is 0 Å². The highest BCUT2D eigenvalue weighted by molar-refractivity contribution is 8.07. The Morgan fingerprint density at radius 2 is 1.81 bits per heavy atom. The smallest absolute Gasteiger partial charge is 0.280 e. The van der Waals surface area contributed by atoms with E-state index >= 15 is 0 Å². The number of para-hydroxylation sites is 1. The van der Waals surface area contributed by atoms with Crippen molar-refractivity contribution >= 4 is 20.8 Å². The molecule has 0 N–H and O–H groups in total. The van der Waals surface area contributed by atoms with Crippen LogP contribution in [-0.2, 0) is 14.8 Å². The molecule has 0 heterocycles. The quantitative estimate of drug-likeness (QED) is 0.807. The monoisotopic (exact) mass is 241 g/mol. The lowest BCUT2D eigenvalue weighted by atomic mass is 10.3. The molecule has 16 heavy (non-hydrogen) atoms. The van der Waals surface area contributed by atoms with Gasteiger partial charge in [0.2, 0.25) is 0 Å². The highest BCUT2D eigenvalue weighted by Gasteiger charge is 2.26. The molecular formula is C11H15NO3S. The second-order valence-electron chi connectivity index (χ2n) is 3.43. The maximum atomic E-state index is 11.8. The standard InChI is InChI=1S/C11H15NO3S/c1-3-7-11(13)16(14,15)12(2)10-8-5-4-6-9-10/h4-6,8-9H,3,7H2,1-2H3. The van der Waals surface area contributed by atoms with E-state index < -0.39 is 15.1 Å². The van der Waals surface area contributed by atoms with Gasteiger partial charge in [0.1, 0.15) is 0 Å². The summed E-state index contributed by atoms with van der Waals surface area (Å²) in [6, 6.07) is 8.54. The molecule has 0 bridgehead atoms. The third kappa shape index (κ3) is 2.61. The van der Waals surface area contributed by atoms with Crippen LogP contribution in [0.4, 0.5) is 5.69 Å². The summed E-state index contributed by atoms with van der Waals surface area (Å²) in [5.41, 5.74) is 0.493. The summed E-state index contributed by atoms with van der Waals surface area (Å²) in [7, 11) is -2.47. The topological polar surface area (TPSA) is 54.5 Å². The maximum absolute atomic E-state index is 11.8. The molecule has 0 fully saturated rings. The molecule has 88 valence electrons. The van der Waals surface area contributed by atoms with Gasteiger partial charge in [0.25, 0.3) is 15.1 Å². The summed E-state index contributed by atoms with van der Waals surface area (Å²) in [4.78, 5) is 11.4. The fourth-order valence-electron chi connectivity index (χ4n) is 1.26. The summed E-state index contributed by atoms with van der Waals surface area (Å²) in [5.74, 6) is 0. The van der Waals surface area contributed by atoms with Crippen molar-refractivity contribution in [2.45, 2.75) is 19.8 Å². The summed E-state index contributed by atoms with van der Waals surface area (Å²) in [6.45, 7) is 1.77. The number of benzene rings is 1. The van der Waals surface area contributed by atoms with E-state index in [-0.39, 0.29) is 6.42 Å². The van der Waals surface area contributed by atoms with Crippen LogP contribution in [0.1, 0.15) is 19.8 Å². The highest BCUT2D eigenvalue weighted by atomic mass is 32.2. The lowest BCUT2D eigenvalue weighted by Gasteiger charge is -2.17. The van der Waals surface area contributed by atoms with Crippen LogP contribution in [0.5, 0.6) is 0 Å². The van der Waals surface area contributed by atoms with Gasteiger partial charge < -0.3 is 0 Å². The molecule has 0 amide bonds. The van der Waals surface area contributed by atoms with Gasteiger partial charge in [-0.3, -0.25) is 9.10 Å². The number of hydrogen-bond donors (Lipinski definition) is 0. The van der Waals surface area contributed by atoms with E-state index in [1.807, 2.05) is 0 Å². The molecule has 0 atom stereocenters. The Hall–Kier alpha value is -1.36. The molecule has 0 spiro atoms. The molecule has 0 unspecified atom stereocenters. The summed E-state index contributed by atoms with van der Waals surface area (Å²) in [5, 5.41) is -0.735. The van der Waals surface area contributed by atoms with Crippen LogP contribution in [0.3, 0.4) is 0 Å². The van der Waals surface area contributed by atoms with Crippen LogP contribution in [-0.4, -0.2) is 20.6 Å². The van der Waals surface area contributed by atoms with E-state index in [0.717, 1.165) is 4.31 Å². The minimum atomic E-state index is -3.86. The van der Waals surface area contributed by atoms with Gasteiger partial charge in [-0.1, -0.05) is 25.1 Å². The molecule has 5 heteroatoms. The Morgan fingerprint density at radius 1 is 1.25 bits per heavy atom. The highest BCUT2D eigenvalue weighted by Crippen LogP contribution is 2.16. The third-order valence-corrected chi connectivity index (χ3v) is 3.93. The molecule has 4 nitrogen and oxygen atoms in total. The first kappa shape index (κ1) is 12.7. The van der Waals surface area contributed by atoms with Gasteiger partial charge in [-0.15, -0.1) is 0 Å². The van der Waals surface area contributed by atoms with Crippen LogP contribution < -0.4 is 4.31 Å². The van der Waals surface area contributed by atoms with Gasteiger partial charge in [-0.05, 0) is 18.6 Å². The molecule has 1 aromatic rings. The summed E-state index contributed by atoms with van der Waals surface area (Å²) >= 11 is 0. The second kappa shape index (κ2) is 5.12. The molecule has 0 radical (unpaired) electrons. The van der Waals surface area contributed by atoms with E-state index in [2.05, 4.69) is 0 Å². The van der Waals surface area contributed by atoms with Crippen LogP contribution in [0.25, 0.3) is 0 Å². The fourth-order valence-corrected chi connectivity index (χ4v) is 2.43. The summed E-state index contributed by atoms with van der Waals surface area (Å²) in [6.07, 6.45) is 0.584. The van der Waals surface area contributed by atoms with E-state index in [0.29, 0.717) is 12.1 Å². The van der Waals surface area contributed by atoms with Crippen molar-refractivity contribution in [2.75, 3.05) is 11.4 Å². The predicted molar refractivity (Wildman–Crippen MR) is 63.7 cm³/mol. The second-order valence-corrected chi connectivity index (χ2v) is 5.38. The first-order chi connectivity index (χ1) is 7.50. The number of sulfonamides is 1. The number of hydrogen-bond acceptors (Lipinski definition) is 3. The Bertz CT molecular complexity index is 453. The van der Waals surface area contributed by atoms with Crippen molar-refractivity contribution in [3.05, 3.63) is 30.3 Å². The van der Waals surface area contributed by atoms with Crippen LogP contribution in [0, 0.1) is 0 Å². The molecule has 0 saturated carbocycles. The Kier molecular flexibility index (Phi) is 4.06. The molecule has 0 aliphatic rings. The van der Waals surface area contributed by atoms with Crippen LogP contribution >= 0.6 is 0 Å². The number of anilines is 1. The number of rotatable bonds is 4. The first-order valence-electron chi connectivity index (χ1n) is 5.07. The first-order valence-corrected chi connectivity index (χ1v) is 6.51. The van der Waals surface area contributed by atoms with Crippen LogP contribution in [0.2, 0.25) is 0 Å². The number of nitrogens with zero attached hydrogens (tertiary/aromatic N) is 1. The molecule has 1 aromatic carbocycles. The van der Waals surface area contributed by atoms with Crippen molar-refractivity contribution < 1.29 is 13.2 Å². The van der Waals surface area contributed by atoms with Crippen molar-refractivity contribution in [2.24, 2.45) is 0 Å². The van der Waals surface area contributed by atoms with Crippen LogP contribution in [0.15, 0.2) is 30.3 Å². The van der Waals surface area contributed by atoms with E-state index in [1.165, 1.54) is 7.05 Å². The number of carbonyl (C=O) groups excluding carboxylic acids is 1. The normalized spacial score (nSPS) is 11.1. The molecule has 1 rings (SSSR count). The van der Waals surface area contributed by atoms with E-state index in [1.54, 1.807) is 37.3 Å². The molecule has 0 aromatic heterocycles. The molecular weight excluding hydrogens is 226 g/mol. The predicted octanol–water partition coefficient (Wildman–Crippen LogP) is 1.78. The van der Waals surface area contributed by atoms with Gasteiger partial charge >= 0.3 is 0 Å². The zero-order valence-corrected chi connectivity index (χ0v) is 10.2. The Morgan fingerprint density at radius 3 is 2.31 bits per heavy atom. The van der Waals surface area contributed by atoms with Crippen molar-refractivity contribution in [1.82, 2.24) is 0 Å². The van der Waals surface area contributed by atoms with Crippen molar-refractivity contribution in [3.8, 4) is 0 Å². The lowest BCUT2D eigenvalue weighted by Crippen LogP contribution is -2.32. The fraction of sp³-hybridized carbons (Fsp3) is 0.364. The largest absolute Gasteiger partial charge is 0.298 e. The SMILES string of the molecule is CCCC(=O)S(=O)(=O)N(C)c1ccccc1. The van der Waals surface area contributed by atoms with Crippen molar-refractivity contribution in [3.63, 3.8) is 0 Å². The lowest BCUT2D eigenvalue weighted by molar-refractivity contribution is -0.111. The molecule has 0 saturated heterocycles. The molecule has 0 aliphatic carbocycles.